The molecule has 27 heavy (non-hydrogen) atoms. The third-order valence-corrected chi connectivity index (χ3v) is 5.55. The molecular weight excluding hydrogens is 383 g/mol. The van der Waals surface area contributed by atoms with E-state index >= 15 is 0 Å². The Morgan fingerprint density at radius 3 is 2.48 bits per heavy atom. The minimum Gasteiger partial charge on any atom is -0.395 e. The molecule has 0 radical (unpaired) electrons. The normalized spacial score (nSPS) is 20.3. The SMILES string of the molecule is CC(C)(C)[C@H](CO)NC1(Cc2cccc(Cl)c2)C(=O)Nc2cc(Cl)ccc21. The highest BCUT2D eigenvalue weighted by molar-refractivity contribution is 6.31. The molecule has 2 aromatic carbocycles. The topological polar surface area (TPSA) is 61.4 Å². The molecule has 0 spiro atoms. The van der Waals surface area contributed by atoms with Crippen molar-refractivity contribution in [1.82, 2.24) is 5.32 Å². The summed E-state index contributed by atoms with van der Waals surface area (Å²) in [6.07, 6.45) is 0.403. The molecule has 2 atom stereocenters. The number of fused-ring (bicyclic) bond motifs is 1. The lowest BCUT2D eigenvalue weighted by Crippen LogP contribution is -2.58. The van der Waals surface area contributed by atoms with E-state index in [1.54, 1.807) is 18.2 Å². The van der Waals surface area contributed by atoms with Crippen LogP contribution in [-0.2, 0) is 16.8 Å². The van der Waals surface area contributed by atoms with Crippen molar-refractivity contribution in [2.45, 2.75) is 38.8 Å². The number of amides is 1. The highest BCUT2D eigenvalue weighted by atomic mass is 35.5. The Hall–Kier alpha value is -1.59. The van der Waals surface area contributed by atoms with Crippen LogP contribution in [0.3, 0.4) is 0 Å². The Labute approximate surface area is 169 Å². The van der Waals surface area contributed by atoms with Gasteiger partial charge in [-0.2, -0.15) is 0 Å². The molecule has 0 saturated carbocycles. The molecule has 0 bridgehead atoms. The Morgan fingerprint density at radius 1 is 1.15 bits per heavy atom. The number of nitrogens with one attached hydrogen (secondary N) is 2. The molecule has 6 heteroatoms. The maximum absolute atomic E-state index is 13.2. The van der Waals surface area contributed by atoms with E-state index in [1.807, 2.05) is 45.0 Å². The summed E-state index contributed by atoms with van der Waals surface area (Å²) in [5, 5.41) is 17.6. The van der Waals surface area contributed by atoms with Crippen molar-refractivity contribution in [2.24, 2.45) is 5.41 Å². The first-order chi connectivity index (χ1) is 12.7. The number of hydrogen-bond acceptors (Lipinski definition) is 3. The van der Waals surface area contributed by atoms with Gasteiger partial charge in [0.2, 0.25) is 5.91 Å². The fourth-order valence-electron chi connectivity index (χ4n) is 3.50. The molecular formula is C21H24Cl2N2O2. The molecule has 0 aliphatic carbocycles. The summed E-state index contributed by atoms with van der Waals surface area (Å²) in [6.45, 7) is 6.01. The number of carbonyl (C=O) groups is 1. The molecule has 144 valence electrons. The molecule has 3 N–H and O–H groups in total. The fourth-order valence-corrected chi connectivity index (χ4v) is 3.88. The Kier molecular flexibility index (Phi) is 5.55. The van der Waals surface area contributed by atoms with Crippen LogP contribution in [-0.4, -0.2) is 23.7 Å². The van der Waals surface area contributed by atoms with Crippen molar-refractivity contribution in [2.75, 3.05) is 11.9 Å². The monoisotopic (exact) mass is 406 g/mol. The van der Waals surface area contributed by atoms with Crippen LogP contribution in [0.2, 0.25) is 10.0 Å². The zero-order valence-corrected chi connectivity index (χ0v) is 17.2. The molecule has 1 amide bonds. The molecule has 0 aromatic heterocycles. The number of aliphatic hydroxyl groups is 1. The van der Waals surface area contributed by atoms with Crippen molar-refractivity contribution in [3.05, 3.63) is 63.6 Å². The van der Waals surface area contributed by atoms with Crippen molar-refractivity contribution in [3.63, 3.8) is 0 Å². The van der Waals surface area contributed by atoms with Crippen LogP contribution in [0.1, 0.15) is 31.9 Å². The summed E-state index contributed by atoms with van der Waals surface area (Å²) in [5.74, 6) is -0.164. The summed E-state index contributed by atoms with van der Waals surface area (Å²) >= 11 is 12.3. The zero-order valence-electron chi connectivity index (χ0n) is 15.6. The first-order valence-electron chi connectivity index (χ1n) is 8.90. The highest BCUT2D eigenvalue weighted by Gasteiger charge is 2.49. The van der Waals surface area contributed by atoms with Crippen LogP contribution in [0, 0.1) is 5.41 Å². The molecule has 0 fully saturated rings. The minimum atomic E-state index is -1.02. The van der Waals surface area contributed by atoms with E-state index in [2.05, 4.69) is 10.6 Å². The lowest BCUT2D eigenvalue weighted by molar-refractivity contribution is -0.122. The predicted molar refractivity (Wildman–Crippen MR) is 110 cm³/mol. The van der Waals surface area contributed by atoms with Gasteiger partial charge >= 0.3 is 0 Å². The van der Waals surface area contributed by atoms with Gasteiger partial charge in [0.15, 0.2) is 0 Å². The van der Waals surface area contributed by atoms with Gasteiger partial charge in [-0.25, -0.2) is 0 Å². The summed E-state index contributed by atoms with van der Waals surface area (Å²) in [7, 11) is 0. The van der Waals surface area contributed by atoms with Crippen LogP contribution < -0.4 is 10.6 Å². The second-order valence-electron chi connectivity index (χ2n) is 8.10. The van der Waals surface area contributed by atoms with Crippen LogP contribution >= 0.6 is 23.2 Å². The van der Waals surface area contributed by atoms with E-state index in [1.165, 1.54) is 0 Å². The second-order valence-corrected chi connectivity index (χ2v) is 8.97. The quantitative estimate of drug-likeness (QED) is 0.690. The summed E-state index contributed by atoms with van der Waals surface area (Å²) < 4.78 is 0. The molecule has 1 heterocycles. The van der Waals surface area contributed by atoms with Crippen molar-refractivity contribution in [3.8, 4) is 0 Å². The Bertz CT molecular complexity index is 864. The number of carbonyl (C=O) groups excluding carboxylic acids is 1. The molecule has 4 nitrogen and oxygen atoms in total. The zero-order chi connectivity index (χ0) is 19.8. The van der Waals surface area contributed by atoms with Crippen molar-refractivity contribution >= 4 is 34.8 Å². The van der Waals surface area contributed by atoms with Gasteiger partial charge < -0.3 is 10.4 Å². The van der Waals surface area contributed by atoms with Crippen molar-refractivity contribution in [1.29, 1.82) is 0 Å². The maximum Gasteiger partial charge on any atom is 0.249 e. The van der Waals surface area contributed by atoms with Gasteiger partial charge in [0.1, 0.15) is 5.54 Å². The summed E-state index contributed by atoms with van der Waals surface area (Å²) in [5.41, 5.74) is 1.17. The van der Waals surface area contributed by atoms with Gasteiger partial charge in [-0.1, -0.05) is 62.2 Å². The predicted octanol–water partition coefficient (Wildman–Crippen LogP) is 4.38. The lowest BCUT2D eigenvalue weighted by Gasteiger charge is -2.39. The van der Waals surface area contributed by atoms with Gasteiger partial charge in [0, 0.05) is 33.8 Å². The van der Waals surface area contributed by atoms with Crippen LogP contribution in [0.25, 0.3) is 0 Å². The first-order valence-corrected chi connectivity index (χ1v) is 9.66. The Balaban J connectivity index is 2.11. The van der Waals surface area contributed by atoms with Crippen molar-refractivity contribution < 1.29 is 9.90 Å². The van der Waals surface area contributed by atoms with Crippen LogP contribution in [0.4, 0.5) is 5.69 Å². The minimum absolute atomic E-state index is 0.0863. The molecule has 2 aromatic rings. The van der Waals surface area contributed by atoms with E-state index < -0.39 is 5.54 Å². The molecule has 0 saturated heterocycles. The lowest BCUT2D eigenvalue weighted by atomic mass is 9.80. The second kappa shape index (κ2) is 7.44. The average molecular weight is 407 g/mol. The van der Waals surface area contributed by atoms with Gasteiger partial charge in [0.25, 0.3) is 0 Å². The first kappa shape index (κ1) is 20.2. The summed E-state index contributed by atoms with van der Waals surface area (Å²) in [4.78, 5) is 13.2. The largest absolute Gasteiger partial charge is 0.395 e. The van der Waals surface area contributed by atoms with E-state index in [-0.39, 0.29) is 24.0 Å². The van der Waals surface area contributed by atoms with E-state index in [4.69, 9.17) is 23.2 Å². The number of hydrogen-bond donors (Lipinski definition) is 3. The van der Waals surface area contributed by atoms with Gasteiger partial charge in [-0.3, -0.25) is 10.1 Å². The number of aliphatic hydroxyl groups excluding tert-OH is 1. The number of anilines is 1. The maximum atomic E-state index is 13.2. The number of benzene rings is 2. The van der Waals surface area contributed by atoms with E-state index in [9.17, 15) is 9.90 Å². The molecule has 3 rings (SSSR count). The van der Waals surface area contributed by atoms with Crippen LogP contribution in [0.5, 0.6) is 0 Å². The smallest absolute Gasteiger partial charge is 0.249 e. The van der Waals surface area contributed by atoms with Gasteiger partial charge in [-0.15, -0.1) is 0 Å². The average Bonchev–Trinajstić information content (AvgIpc) is 2.82. The number of rotatable bonds is 5. The third kappa shape index (κ3) is 3.99. The third-order valence-electron chi connectivity index (χ3n) is 5.08. The molecule has 1 aliphatic rings. The van der Waals surface area contributed by atoms with Crippen LogP contribution in [0.15, 0.2) is 42.5 Å². The fraction of sp³-hybridized carbons (Fsp3) is 0.381. The standard InChI is InChI=1S/C21H24Cl2N2O2/c1-20(2,3)18(12-26)25-21(11-13-5-4-6-14(22)9-13)16-8-7-15(23)10-17(16)24-19(21)27/h4-10,18,25-26H,11-12H2,1-3H3,(H,24,27)/t18-,21?/m0/s1. The number of halogens is 2. The van der Waals surface area contributed by atoms with Gasteiger partial charge in [0.05, 0.1) is 6.61 Å². The summed E-state index contributed by atoms with van der Waals surface area (Å²) in [6, 6.07) is 12.6. The molecule has 1 aliphatic heterocycles. The van der Waals surface area contributed by atoms with E-state index in [0.717, 1.165) is 11.1 Å². The molecule has 1 unspecified atom stereocenters. The Morgan fingerprint density at radius 2 is 1.85 bits per heavy atom. The van der Waals surface area contributed by atoms with E-state index in [0.29, 0.717) is 22.2 Å². The highest BCUT2D eigenvalue weighted by Crippen LogP contribution is 2.41. The van der Waals surface area contributed by atoms with Gasteiger partial charge in [-0.05, 0) is 35.2 Å².